The number of nitrogens with one attached hydrogen (secondary N) is 3. The SMILES string of the molecule is CNC(=O)Nc1cccc(NC(=O)c2ccc(-c3ccccc3Cl)o2)c1. The third kappa shape index (κ3) is 4.04. The molecule has 0 spiro atoms. The van der Waals surface area contributed by atoms with E-state index in [1.54, 1.807) is 42.5 Å². The summed E-state index contributed by atoms with van der Waals surface area (Å²) in [6.07, 6.45) is 0. The molecule has 6 nitrogen and oxygen atoms in total. The van der Waals surface area contributed by atoms with Gasteiger partial charge < -0.3 is 20.4 Å². The Hall–Kier alpha value is -3.25. The number of anilines is 2. The standard InChI is InChI=1S/C19H16ClN3O3/c1-21-19(25)23-13-6-4-5-12(11-13)22-18(24)17-10-9-16(26-17)14-7-2-3-8-15(14)20/h2-11H,1H3,(H,22,24)(H2,21,23,25). The van der Waals surface area contributed by atoms with E-state index in [1.165, 1.54) is 7.05 Å². The molecule has 3 amide bonds. The largest absolute Gasteiger partial charge is 0.451 e. The van der Waals surface area contributed by atoms with E-state index < -0.39 is 5.91 Å². The number of hydrogen-bond donors (Lipinski definition) is 3. The van der Waals surface area contributed by atoms with E-state index in [-0.39, 0.29) is 11.8 Å². The zero-order chi connectivity index (χ0) is 18.5. The van der Waals surface area contributed by atoms with Gasteiger partial charge in [-0.1, -0.05) is 29.8 Å². The molecule has 1 aromatic heterocycles. The Labute approximate surface area is 155 Å². The Morgan fingerprint density at radius 1 is 0.923 bits per heavy atom. The van der Waals surface area contributed by atoms with Crippen molar-refractivity contribution >= 4 is 34.9 Å². The summed E-state index contributed by atoms with van der Waals surface area (Å²) in [5.74, 6) is 0.265. The van der Waals surface area contributed by atoms with Gasteiger partial charge in [0.15, 0.2) is 5.76 Å². The summed E-state index contributed by atoms with van der Waals surface area (Å²) in [7, 11) is 1.52. The normalized spacial score (nSPS) is 10.2. The second-order valence-corrected chi connectivity index (χ2v) is 5.79. The molecule has 0 aliphatic heterocycles. The lowest BCUT2D eigenvalue weighted by Gasteiger charge is -2.07. The van der Waals surface area contributed by atoms with Crippen LogP contribution in [0.2, 0.25) is 5.02 Å². The predicted octanol–water partition coefficient (Wildman–Crippen LogP) is 4.60. The van der Waals surface area contributed by atoms with Crippen LogP contribution in [-0.4, -0.2) is 19.0 Å². The fraction of sp³-hybridized carbons (Fsp3) is 0.0526. The van der Waals surface area contributed by atoms with Crippen molar-refractivity contribution in [1.82, 2.24) is 5.32 Å². The molecular weight excluding hydrogens is 354 g/mol. The van der Waals surface area contributed by atoms with E-state index >= 15 is 0 Å². The molecular formula is C19H16ClN3O3. The van der Waals surface area contributed by atoms with Crippen molar-refractivity contribution < 1.29 is 14.0 Å². The highest BCUT2D eigenvalue weighted by atomic mass is 35.5. The number of halogens is 1. The van der Waals surface area contributed by atoms with Crippen LogP contribution in [0.5, 0.6) is 0 Å². The van der Waals surface area contributed by atoms with Gasteiger partial charge in [-0.3, -0.25) is 4.79 Å². The summed E-state index contributed by atoms with van der Waals surface area (Å²) in [6.45, 7) is 0. The fourth-order valence-corrected chi connectivity index (χ4v) is 2.56. The molecule has 0 saturated carbocycles. The van der Waals surface area contributed by atoms with Gasteiger partial charge in [0.25, 0.3) is 5.91 Å². The molecule has 3 N–H and O–H groups in total. The Balaban J connectivity index is 1.74. The molecule has 0 fully saturated rings. The predicted molar refractivity (Wildman–Crippen MR) is 102 cm³/mol. The van der Waals surface area contributed by atoms with Gasteiger partial charge in [-0.25, -0.2) is 4.79 Å². The van der Waals surface area contributed by atoms with Crippen LogP contribution in [0.3, 0.4) is 0 Å². The minimum absolute atomic E-state index is 0.157. The molecule has 7 heteroatoms. The van der Waals surface area contributed by atoms with Gasteiger partial charge in [0, 0.05) is 24.0 Å². The first-order valence-electron chi connectivity index (χ1n) is 7.81. The molecule has 26 heavy (non-hydrogen) atoms. The van der Waals surface area contributed by atoms with E-state index in [2.05, 4.69) is 16.0 Å². The number of carbonyl (C=O) groups is 2. The lowest BCUT2D eigenvalue weighted by Crippen LogP contribution is -2.24. The average molecular weight is 370 g/mol. The molecule has 0 saturated heterocycles. The van der Waals surface area contributed by atoms with Crippen molar-refractivity contribution in [3.05, 3.63) is 71.4 Å². The summed E-state index contributed by atoms with van der Waals surface area (Å²) in [6, 6.07) is 17.0. The number of hydrogen-bond acceptors (Lipinski definition) is 3. The van der Waals surface area contributed by atoms with Crippen molar-refractivity contribution in [2.24, 2.45) is 0 Å². The molecule has 3 rings (SSSR count). The van der Waals surface area contributed by atoms with Crippen LogP contribution in [-0.2, 0) is 0 Å². The summed E-state index contributed by atoms with van der Waals surface area (Å²) in [5.41, 5.74) is 1.79. The lowest BCUT2D eigenvalue weighted by molar-refractivity contribution is 0.0997. The molecule has 0 aliphatic rings. The number of urea groups is 1. The maximum absolute atomic E-state index is 12.4. The van der Waals surface area contributed by atoms with Crippen LogP contribution in [0.25, 0.3) is 11.3 Å². The van der Waals surface area contributed by atoms with Crippen LogP contribution >= 0.6 is 11.6 Å². The molecule has 132 valence electrons. The smallest absolute Gasteiger partial charge is 0.318 e. The molecule has 0 aliphatic carbocycles. The highest BCUT2D eigenvalue weighted by Crippen LogP contribution is 2.29. The Bertz CT molecular complexity index is 952. The van der Waals surface area contributed by atoms with Crippen molar-refractivity contribution in [2.75, 3.05) is 17.7 Å². The first-order chi connectivity index (χ1) is 12.6. The second-order valence-electron chi connectivity index (χ2n) is 5.38. The van der Waals surface area contributed by atoms with Crippen LogP contribution in [0.1, 0.15) is 10.6 Å². The van der Waals surface area contributed by atoms with Gasteiger partial charge in [-0.15, -0.1) is 0 Å². The highest BCUT2D eigenvalue weighted by molar-refractivity contribution is 6.33. The summed E-state index contributed by atoms with van der Waals surface area (Å²) in [5, 5.41) is 8.37. The second kappa shape index (κ2) is 7.76. The summed E-state index contributed by atoms with van der Waals surface area (Å²) < 4.78 is 5.62. The van der Waals surface area contributed by atoms with Crippen LogP contribution in [0, 0.1) is 0 Å². The zero-order valence-corrected chi connectivity index (χ0v) is 14.6. The summed E-state index contributed by atoms with van der Waals surface area (Å²) >= 11 is 6.15. The molecule has 0 bridgehead atoms. The zero-order valence-electron chi connectivity index (χ0n) is 13.9. The van der Waals surface area contributed by atoms with Crippen molar-refractivity contribution in [3.63, 3.8) is 0 Å². The third-order valence-electron chi connectivity index (χ3n) is 3.57. The lowest BCUT2D eigenvalue weighted by atomic mass is 10.2. The summed E-state index contributed by atoms with van der Waals surface area (Å²) in [4.78, 5) is 23.8. The van der Waals surface area contributed by atoms with Gasteiger partial charge in [-0.2, -0.15) is 0 Å². The van der Waals surface area contributed by atoms with E-state index in [9.17, 15) is 9.59 Å². The Morgan fingerprint density at radius 3 is 2.38 bits per heavy atom. The molecule has 0 radical (unpaired) electrons. The van der Waals surface area contributed by atoms with E-state index in [0.717, 1.165) is 0 Å². The number of carbonyl (C=O) groups excluding carboxylic acids is 2. The number of rotatable bonds is 4. The maximum atomic E-state index is 12.4. The van der Waals surface area contributed by atoms with E-state index in [0.29, 0.717) is 27.7 Å². The minimum atomic E-state index is -0.402. The van der Waals surface area contributed by atoms with E-state index in [1.807, 2.05) is 18.2 Å². The van der Waals surface area contributed by atoms with Gasteiger partial charge in [0.2, 0.25) is 0 Å². The highest BCUT2D eigenvalue weighted by Gasteiger charge is 2.14. The average Bonchev–Trinajstić information content (AvgIpc) is 3.12. The molecule has 2 aromatic carbocycles. The van der Waals surface area contributed by atoms with Crippen LogP contribution in [0.4, 0.5) is 16.2 Å². The number of amides is 3. The first-order valence-corrected chi connectivity index (χ1v) is 8.19. The molecule has 0 atom stereocenters. The minimum Gasteiger partial charge on any atom is -0.451 e. The Morgan fingerprint density at radius 2 is 1.65 bits per heavy atom. The maximum Gasteiger partial charge on any atom is 0.318 e. The van der Waals surface area contributed by atoms with Gasteiger partial charge in [0.05, 0.1) is 5.02 Å². The van der Waals surface area contributed by atoms with Gasteiger partial charge in [-0.05, 0) is 42.5 Å². The van der Waals surface area contributed by atoms with Gasteiger partial charge >= 0.3 is 6.03 Å². The molecule has 3 aromatic rings. The quantitative estimate of drug-likeness (QED) is 0.628. The monoisotopic (exact) mass is 369 g/mol. The van der Waals surface area contributed by atoms with Crippen molar-refractivity contribution in [3.8, 4) is 11.3 Å². The first kappa shape index (κ1) is 17.6. The molecule has 0 unspecified atom stereocenters. The topological polar surface area (TPSA) is 83.4 Å². The number of benzene rings is 2. The fourth-order valence-electron chi connectivity index (χ4n) is 2.33. The molecule has 1 heterocycles. The van der Waals surface area contributed by atoms with Crippen molar-refractivity contribution in [2.45, 2.75) is 0 Å². The third-order valence-corrected chi connectivity index (χ3v) is 3.90. The van der Waals surface area contributed by atoms with Crippen LogP contribution < -0.4 is 16.0 Å². The number of furan rings is 1. The van der Waals surface area contributed by atoms with Crippen molar-refractivity contribution in [1.29, 1.82) is 0 Å². The van der Waals surface area contributed by atoms with Crippen LogP contribution in [0.15, 0.2) is 65.1 Å². The Kier molecular flexibility index (Phi) is 5.24. The van der Waals surface area contributed by atoms with E-state index in [4.69, 9.17) is 16.0 Å². The van der Waals surface area contributed by atoms with Gasteiger partial charge in [0.1, 0.15) is 5.76 Å².